The molecule has 3 rings (SSSR count). The van der Waals surface area contributed by atoms with Crippen LogP contribution < -0.4 is 10.6 Å². The zero-order valence-corrected chi connectivity index (χ0v) is 14.5. The van der Waals surface area contributed by atoms with Crippen LogP contribution in [0.3, 0.4) is 0 Å². The summed E-state index contributed by atoms with van der Waals surface area (Å²) in [6.07, 6.45) is 0. The van der Waals surface area contributed by atoms with E-state index in [9.17, 15) is 9.18 Å². The summed E-state index contributed by atoms with van der Waals surface area (Å²) in [4.78, 5) is 11.9. The molecule has 0 atom stereocenters. The topological polar surface area (TPSA) is 84.7 Å². The van der Waals surface area contributed by atoms with Crippen molar-refractivity contribution in [3.05, 3.63) is 65.2 Å². The number of hydrogen-bond acceptors (Lipinski definition) is 5. The zero-order chi connectivity index (χ0) is 18.5. The van der Waals surface area contributed by atoms with E-state index in [1.165, 1.54) is 18.2 Å². The van der Waals surface area contributed by atoms with Crippen LogP contribution in [0.4, 0.5) is 10.2 Å². The van der Waals surface area contributed by atoms with E-state index in [-0.39, 0.29) is 5.91 Å². The second-order valence-electron chi connectivity index (χ2n) is 5.81. The molecule has 26 heavy (non-hydrogen) atoms. The highest BCUT2D eigenvalue weighted by Gasteiger charge is 2.07. The Labute approximate surface area is 150 Å². The normalized spacial score (nSPS) is 10.6. The molecule has 0 aliphatic carbocycles. The molecule has 1 aromatic carbocycles. The predicted molar refractivity (Wildman–Crippen MR) is 95.9 cm³/mol. The fraction of sp³-hybridized carbons (Fsp3) is 0.222. The van der Waals surface area contributed by atoms with Crippen LogP contribution in [0, 0.1) is 19.7 Å². The molecule has 0 spiro atoms. The average Bonchev–Trinajstić information content (AvgIpc) is 2.97. The van der Waals surface area contributed by atoms with Gasteiger partial charge in [-0.1, -0.05) is 6.07 Å². The summed E-state index contributed by atoms with van der Waals surface area (Å²) in [5, 5.41) is 18.4. The molecule has 0 radical (unpaired) electrons. The number of nitrogens with zero attached hydrogens (tertiary/aromatic N) is 4. The Morgan fingerprint density at radius 2 is 1.96 bits per heavy atom. The first-order valence-electron chi connectivity index (χ1n) is 8.18. The third kappa shape index (κ3) is 4.21. The lowest BCUT2D eigenvalue weighted by molar-refractivity contribution is 0.0954. The van der Waals surface area contributed by atoms with Gasteiger partial charge in [-0.15, -0.1) is 10.2 Å². The molecule has 0 aliphatic heterocycles. The maximum atomic E-state index is 13.1. The van der Waals surface area contributed by atoms with Crippen molar-refractivity contribution < 1.29 is 9.18 Å². The van der Waals surface area contributed by atoms with Crippen LogP contribution >= 0.6 is 0 Å². The van der Waals surface area contributed by atoms with Gasteiger partial charge in [-0.25, -0.2) is 9.07 Å². The summed E-state index contributed by atoms with van der Waals surface area (Å²) in [5.41, 5.74) is 2.19. The number of hydrogen-bond donors (Lipinski definition) is 2. The molecule has 134 valence electrons. The number of benzene rings is 1. The number of anilines is 1. The molecule has 8 heteroatoms. The fourth-order valence-corrected chi connectivity index (χ4v) is 2.49. The highest BCUT2D eigenvalue weighted by Crippen LogP contribution is 2.10. The minimum atomic E-state index is -0.436. The molecule has 0 aliphatic rings. The quantitative estimate of drug-likeness (QED) is 0.663. The first-order valence-corrected chi connectivity index (χ1v) is 8.18. The van der Waals surface area contributed by atoms with Gasteiger partial charge in [-0.3, -0.25) is 4.79 Å². The minimum Gasteiger partial charge on any atom is -0.367 e. The summed E-state index contributed by atoms with van der Waals surface area (Å²) in [6, 6.07) is 11.2. The average molecular weight is 354 g/mol. The standard InChI is InChI=1S/C18H19FN6O/c1-12-10-13(2)25(24-12)17-7-6-16(22-23-17)20-8-9-21-18(26)14-4-3-5-15(19)11-14/h3-7,10-11H,8-9H2,1-2H3,(H,20,22)(H,21,26). The Balaban J connectivity index is 1.49. The molecule has 7 nitrogen and oxygen atoms in total. The first kappa shape index (κ1) is 17.5. The Hall–Kier alpha value is -3.29. The van der Waals surface area contributed by atoms with Gasteiger partial charge in [0, 0.05) is 24.3 Å². The lowest BCUT2D eigenvalue weighted by Gasteiger charge is -2.08. The van der Waals surface area contributed by atoms with E-state index in [1.807, 2.05) is 26.0 Å². The van der Waals surface area contributed by atoms with Crippen LogP contribution in [0.15, 0.2) is 42.5 Å². The molecule has 0 bridgehead atoms. The molecule has 2 aromatic heterocycles. The van der Waals surface area contributed by atoms with Crippen LogP contribution in [0.25, 0.3) is 5.82 Å². The van der Waals surface area contributed by atoms with Crippen LogP contribution in [0.5, 0.6) is 0 Å². The molecule has 3 aromatic rings. The van der Waals surface area contributed by atoms with Gasteiger partial charge < -0.3 is 10.6 Å². The number of halogens is 1. The van der Waals surface area contributed by atoms with Crippen molar-refractivity contribution in [1.82, 2.24) is 25.3 Å². The largest absolute Gasteiger partial charge is 0.367 e. The molecular weight excluding hydrogens is 335 g/mol. The van der Waals surface area contributed by atoms with Crippen LogP contribution in [0.2, 0.25) is 0 Å². The highest BCUT2D eigenvalue weighted by atomic mass is 19.1. The summed E-state index contributed by atoms with van der Waals surface area (Å²) < 4.78 is 14.8. The SMILES string of the molecule is Cc1cc(C)n(-c2ccc(NCCNC(=O)c3cccc(F)c3)nn2)n1. The van der Waals surface area contributed by atoms with Gasteiger partial charge in [0.2, 0.25) is 0 Å². The first-order chi connectivity index (χ1) is 12.5. The summed E-state index contributed by atoms with van der Waals surface area (Å²) in [6.45, 7) is 4.71. The van der Waals surface area contributed by atoms with Gasteiger partial charge >= 0.3 is 0 Å². The van der Waals surface area contributed by atoms with Gasteiger partial charge in [0.15, 0.2) is 5.82 Å². The zero-order valence-electron chi connectivity index (χ0n) is 14.5. The van der Waals surface area contributed by atoms with E-state index >= 15 is 0 Å². The molecule has 1 amide bonds. The second kappa shape index (κ2) is 7.73. The van der Waals surface area contributed by atoms with Crippen LogP contribution in [0.1, 0.15) is 21.7 Å². The van der Waals surface area contributed by atoms with Gasteiger partial charge in [-0.2, -0.15) is 5.10 Å². The van der Waals surface area contributed by atoms with Crippen molar-refractivity contribution in [2.75, 3.05) is 18.4 Å². The Bertz CT molecular complexity index is 906. The van der Waals surface area contributed by atoms with E-state index in [1.54, 1.807) is 16.8 Å². The van der Waals surface area contributed by atoms with Crippen LogP contribution in [-0.4, -0.2) is 39.0 Å². The van der Waals surface area contributed by atoms with Crippen molar-refractivity contribution in [2.24, 2.45) is 0 Å². The van der Waals surface area contributed by atoms with Crippen molar-refractivity contribution >= 4 is 11.7 Å². The van der Waals surface area contributed by atoms with E-state index in [4.69, 9.17) is 0 Å². The lowest BCUT2D eigenvalue weighted by Crippen LogP contribution is -2.29. The van der Waals surface area contributed by atoms with E-state index < -0.39 is 5.82 Å². The number of nitrogens with one attached hydrogen (secondary N) is 2. The van der Waals surface area contributed by atoms with Crippen molar-refractivity contribution in [3.8, 4) is 5.82 Å². The van der Waals surface area contributed by atoms with Gasteiger partial charge in [0.05, 0.1) is 5.69 Å². The highest BCUT2D eigenvalue weighted by molar-refractivity contribution is 5.94. The summed E-state index contributed by atoms with van der Waals surface area (Å²) in [5.74, 6) is 0.474. The Kier molecular flexibility index (Phi) is 5.21. The lowest BCUT2D eigenvalue weighted by atomic mass is 10.2. The molecule has 0 saturated heterocycles. The van der Waals surface area contributed by atoms with Gasteiger partial charge in [0.1, 0.15) is 11.6 Å². The fourth-order valence-electron chi connectivity index (χ4n) is 2.49. The number of aryl methyl sites for hydroxylation is 2. The second-order valence-corrected chi connectivity index (χ2v) is 5.81. The number of amides is 1. The summed E-state index contributed by atoms with van der Waals surface area (Å²) >= 11 is 0. The molecule has 2 N–H and O–H groups in total. The van der Waals surface area contributed by atoms with Crippen molar-refractivity contribution in [3.63, 3.8) is 0 Å². The molecule has 0 saturated carbocycles. The third-order valence-electron chi connectivity index (χ3n) is 3.68. The molecular formula is C18H19FN6O. The maximum Gasteiger partial charge on any atom is 0.251 e. The smallest absolute Gasteiger partial charge is 0.251 e. The number of rotatable bonds is 6. The maximum absolute atomic E-state index is 13.1. The number of carbonyl (C=O) groups is 1. The predicted octanol–water partition coefficient (Wildman–Crippen LogP) is 2.26. The minimum absolute atomic E-state index is 0.291. The number of carbonyl (C=O) groups excluding carboxylic acids is 1. The van der Waals surface area contributed by atoms with E-state index in [0.717, 1.165) is 11.4 Å². The van der Waals surface area contributed by atoms with Crippen molar-refractivity contribution in [2.45, 2.75) is 13.8 Å². The molecule has 2 heterocycles. The summed E-state index contributed by atoms with van der Waals surface area (Å²) in [7, 11) is 0. The van der Waals surface area contributed by atoms with E-state index in [0.29, 0.717) is 30.3 Å². The van der Waals surface area contributed by atoms with Gasteiger partial charge in [-0.05, 0) is 50.2 Å². The number of aromatic nitrogens is 4. The Morgan fingerprint density at radius 3 is 2.62 bits per heavy atom. The van der Waals surface area contributed by atoms with Crippen LogP contribution in [-0.2, 0) is 0 Å². The Morgan fingerprint density at radius 1 is 1.12 bits per heavy atom. The van der Waals surface area contributed by atoms with Gasteiger partial charge in [0.25, 0.3) is 5.91 Å². The third-order valence-corrected chi connectivity index (χ3v) is 3.68. The van der Waals surface area contributed by atoms with E-state index in [2.05, 4.69) is 25.9 Å². The van der Waals surface area contributed by atoms with Crippen molar-refractivity contribution in [1.29, 1.82) is 0 Å². The molecule has 0 fully saturated rings. The molecule has 0 unspecified atom stereocenters. The monoisotopic (exact) mass is 354 g/mol.